The quantitative estimate of drug-likeness (QED) is 0.386. The standard InChI is InChI=1S/C23H25ClN2O5/c1-25(2)10-5-11-26-20(14-6-4-7-16(27)12-14)19(22(29)23(26)30)21(28)17-13-15(24)8-9-18(17)31-3/h4,6-9,12-13,20,27-28H,5,10-11H2,1-3H3/b21-19+. The number of aliphatic hydroxyl groups excluding tert-OH is 1. The zero-order valence-electron chi connectivity index (χ0n) is 17.6. The Hall–Kier alpha value is -3.03. The highest BCUT2D eigenvalue weighted by Gasteiger charge is 2.46. The van der Waals surface area contributed by atoms with E-state index in [1.807, 2.05) is 19.0 Å². The average Bonchev–Trinajstić information content (AvgIpc) is 2.98. The number of aromatic hydroxyl groups is 1. The van der Waals surface area contributed by atoms with Crippen LogP contribution in [0, 0.1) is 0 Å². The molecular formula is C23H25ClN2O5. The maximum absolute atomic E-state index is 13.0. The number of likely N-dealkylation sites (tertiary alicyclic amines) is 1. The molecule has 0 aliphatic carbocycles. The Morgan fingerprint density at radius 1 is 1.19 bits per heavy atom. The minimum Gasteiger partial charge on any atom is -0.508 e. The molecule has 3 rings (SSSR count). The van der Waals surface area contributed by atoms with Crippen molar-refractivity contribution in [1.29, 1.82) is 0 Å². The summed E-state index contributed by atoms with van der Waals surface area (Å²) < 4.78 is 5.31. The molecule has 0 saturated carbocycles. The van der Waals surface area contributed by atoms with Gasteiger partial charge in [0.15, 0.2) is 0 Å². The molecular weight excluding hydrogens is 420 g/mol. The molecule has 0 bridgehead atoms. The lowest BCUT2D eigenvalue weighted by Crippen LogP contribution is -2.32. The molecule has 31 heavy (non-hydrogen) atoms. The molecule has 0 spiro atoms. The number of phenols is 1. The number of ether oxygens (including phenoxy) is 1. The minimum absolute atomic E-state index is 0.00304. The summed E-state index contributed by atoms with van der Waals surface area (Å²) in [6.45, 7) is 1.03. The highest BCUT2D eigenvalue weighted by Crippen LogP contribution is 2.42. The van der Waals surface area contributed by atoms with E-state index in [-0.39, 0.29) is 22.6 Å². The zero-order chi connectivity index (χ0) is 22.7. The molecule has 1 heterocycles. The number of methoxy groups -OCH3 is 1. The molecule has 2 N–H and O–H groups in total. The average molecular weight is 445 g/mol. The number of amides is 1. The fraction of sp³-hybridized carbons (Fsp3) is 0.304. The van der Waals surface area contributed by atoms with Crippen molar-refractivity contribution in [2.75, 3.05) is 34.3 Å². The van der Waals surface area contributed by atoms with Gasteiger partial charge in [-0.3, -0.25) is 9.59 Å². The molecule has 1 amide bonds. The molecule has 1 fully saturated rings. The topological polar surface area (TPSA) is 90.3 Å². The molecule has 1 aliphatic rings. The lowest BCUT2D eigenvalue weighted by molar-refractivity contribution is -0.139. The van der Waals surface area contributed by atoms with Crippen LogP contribution < -0.4 is 4.74 Å². The first kappa shape index (κ1) is 22.7. The molecule has 8 heteroatoms. The van der Waals surface area contributed by atoms with E-state index in [0.717, 1.165) is 6.54 Å². The summed E-state index contributed by atoms with van der Waals surface area (Å²) in [5.74, 6) is -1.55. The number of carbonyl (C=O) groups excluding carboxylic acids is 2. The van der Waals surface area contributed by atoms with Crippen LogP contribution in [0.25, 0.3) is 5.76 Å². The van der Waals surface area contributed by atoms with Gasteiger partial charge < -0.3 is 24.7 Å². The molecule has 0 radical (unpaired) electrons. The Morgan fingerprint density at radius 2 is 1.94 bits per heavy atom. The first-order chi connectivity index (χ1) is 14.7. The second-order valence-corrected chi connectivity index (χ2v) is 8.03. The maximum atomic E-state index is 13.0. The van der Waals surface area contributed by atoms with Crippen LogP contribution in [0.1, 0.15) is 23.6 Å². The lowest BCUT2D eigenvalue weighted by atomic mass is 9.95. The number of hydrogen-bond donors (Lipinski definition) is 2. The van der Waals surface area contributed by atoms with E-state index in [2.05, 4.69) is 0 Å². The molecule has 0 aromatic heterocycles. The van der Waals surface area contributed by atoms with Gasteiger partial charge in [-0.1, -0.05) is 23.7 Å². The first-order valence-corrected chi connectivity index (χ1v) is 10.2. The Balaban J connectivity index is 2.16. The highest BCUT2D eigenvalue weighted by molar-refractivity contribution is 6.46. The van der Waals surface area contributed by atoms with Crippen molar-refractivity contribution in [3.63, 3.8) is 0 Å². The predicted molar refractivity (Wildman–Crippen MR) is 118 cm³/mol. The zero-order valence-corrected chi connectivity index (χ0v) is 18.4. The van der Waals surface area contributed by atoms with Crippen LogP contribution in [0.3, 0.4) is 0 Å². The molecule has 2 aromatic rings. The number of hydrogen-bond acceptors (Lipinski definition) is 6. The van der Waals surface area contributed by atoms with Gasteiger partial charge in [0, 0.05) is 11.6 Å². The van der Waals surface area contributed by atoms with Gasteiger partial charge in [-0.15, -0.1) is 0 Å². The summed E-state index contributed by atoms with van der Waals surface area (Å²) in [5.41, 5.74) is 0.666. The van der Waals surface area contributed by atoms with Crippen molar-refractivity contribution < 1.29 is 24.5 Å². The Labute approximate surface area is 186 Å². The van der Waals surface area contributed by atoms with Crippen LogP contribution in [0.2, 0.25) is 5.02 Å². The molecule has 164 valence electrons. The van der Waals surface area contributed by atoms with Crippen LogP contribution in [-0.2, 0) is 9.59 Å². The van der Waals surface area contributed by atoms with Gasteiger partial charge in [0.1, 0.15) is 17.3 Å². The van der Waals surface area contributed by atoms with Crippen LogP contribution in [-0.4, -0.2) is 66.0 Å². The summed E-state index contributed by atoms with van der Waals surface area (Å²) >= 11 is 6.10. The van der Waals surface area contributed by atoms with E-state index in [9.17, 15) is 19.8 Å². The van der Waals surface area contributed by atoms with Crippen LogP contribution in [0.5, 0.6) is 11.5 Å². The maximum Gasteiger partial charge on any atom is 0.295 e. The Bertz CT molecular complexity index is 1030. The summed E-state index contributed by atoms with van der Waals surface area (Å²) in [7, 11) is 5.28. The van der Waals surface area contributed by atoms with Crippen molar-refractivity contribution in [3.05, 3.63) is 64.2 Å². The summed E-state index contributed by atoms with van der Waals surface area (Å²) in [5, 5.41) is 21.5. The monoisotopic (exact) mass is 444 g/mol. The van der Waals surface area contributed by atoms with Crippen molar-refractivity contribution in [2.24, 2.45) is 0 Å². The van der Waals surface area contributed by atoms with Crippen LogP contribution in [0.4, 0.5) is 0 Å². The van der Waals surface area contributed by atoms with E-state index in [1.165, 1.54) is 30.2 Å². The molecule has 7 nitrogen and oxygen atoms in total. The van der Waals surface area contributed by atoms with Crippen molar-refractivity contribution >= 4 is 29.1 Å². The van der Waals surface area contributed by atoms with E-state index in [4.69, 9.17) is 16.3 Å². The molecule has 2 aromatic carbocycles. The largest absolute Gasteiger partial charge is 0.508 e. The molecule has 1 unspecified atom stereocenters. The predicted octanol–water partition coefficient (Wildman–Crippen LogP) is 3.43. The molecule has 1 aliphatic heterocycles. The SMILES string of the molecule is COc1ccc(Cl)cc1/C(O)=C1\C(=O)C(=O)N(CCCN(C)C)C1c1cccc(O)c1. The number of aliphatic hydroxyl groups is 1. The number of Topliss-reactive ketones (excluding diaryl/α,β-unsaturated/α-hetero) is 1. The van der Waals surface area contributed by atoms with E-state index in [0.29, 0.717) is 29.3 Å². The summed E-state index contributed by atoms with van der Waals surface area (Å²) in [6.07, 6.45) is 0.635. The van der Waals surface area contributed by atoms with E-state index >= 15 is 0 Å². The second kappa shape index (κ2) is 9.41. The van der Waals surface area contributed by atoms with Crippen LogP contribution in [0.15, 0.2) is 48.0 Å². The van der Waals surface area contributed by atoms with E-state index < -0.39 is 17.7 Å². The van der Waals surface area contributed by atoms with Gasteiger partial charge in [-0.25, -0.2) is 0 Å². The molecule has 1 atom stereocenters. The fourth-order valence-corrected chi connectivity index (χ4v) is 3.89. The van der Waals surface area contributed by atoms with Gasteiger partial charge >= 0.3 is 0 Å². The van der Waals surface area contributed by atoms with Gasteiger partial charge in [0.05, 0.1) is 24.3 Å². The number of carbonyl (C=O) groups is 2. The fourth-order valence-electron chi connectivity index (χ4n) is 3.72. The second-order valence-electron chi connectivity index (χ2n) is 7.59. The lowest BCUT2D eigenvalue weighted by Gasteiger charge is -2.26. The Kier molecular flexibility index (Phi) is 6.87. The van der Waals surface area contributed by atoms with Gasteiger partial charge in [-0.2, -0.15) is 0 Å². The normalized spacial score (nSPS) is 18.1. The minimum atomic E-state index is -0.849. The van der Waals surface area contributed by atoms with Crippen molar-refractivity contribution in [2.45, 2.75) is 12.5 Å². The van der Waals surface area contributed by atoms with Crippen molar-refractivity contribution in [3.8, 4) is 11.5 Å². The summed E-state index contributed by atoms with van der Waals surface area (Å²) in [6, 6.07) is 10.1. The van der Waals surface area contributed by atoms with Crippen molar-refractivity contribution in [1.82, 2.24) is 9.80 Å². The van der Waals surface area contributed by atoms with E-state index in [1.54, 1.807) is 24.3 Å². The Morgan fingerprint density at radius 3 is 2.58 bits per heavy atom. The number of nitrogens with zero attached hydrogens (tertiary/aromatic N) is 2. The van der Waals surface area contributed by atoms with Gasteiger partial charge in [-0.05, 0) is 63.0 Å². The highest BCUT2D eigenvalue weighted by atomic mass is 35.5. The first-order valence-electron chi connectivity index (χ1n) is 9.80. The smallest absolute Gasteiger partial charge is 0.295 e. The number of rotatable bonds is 7. The number of halogens is 1. The van der Waals surface area contributed by atoms with Crippen LogP contribution >= 0.6 is 11.6 Å². The summed E-state index contributed by atoms with van der Waals surface area (Å²) in [4.78, 5) is 29.4. The third kappa shape index (κ3) is 4.68. The number of ketones is 1. The van der Waals surface area contributed by atoms with Gasteiger partial charge in [0.2, 0.25) is 0 Å². The number of phenolic OH excluding ortho intramolecular Hbond substituents is 1. The van der Waals surface area contributed by atoms with Gasteiger partial charge in [0.25, 0.3) is 11.7 Å². The molecule has 1 saturated heterocycles. The third-order valence-electron chi connectivity index (χ3n) is 5.15. The number of benzene rings is 2. The third-order valence-corrected chi connectivity index (χ3v) is 5.38.